The van der Waals surface area contributed by atoms with Crippen molar-refractivity contribution in [3.63, 3.8) is 0 Å². The fraction of sp³-hybridized carbons (Fsp3) is 0.294. The van der Waals surface area contributed by atoms with E-state index in [1.54, 1.807) is 7.11 Å². The Morgan fingerprint density at radius 3 is 2.62 bits per heavy atom. The molecule has 1 atom stereocenters. The number of nitrogens with one attached hydrogen (secondary N) is 1. The Hall–Kier alpha value is -1.03. The second kappa shape index (κ2) is 7.30. The first-order valence-corrected chi connectivity index (χ1v) is 7.97. The lowest BCUT2D eigenvalue weighted by Gasteiger charge is -2.19. The Bertz CT molecular complexity index is 610. The number of hydrogen-bond donors (Lipinski definition) is 1. The van der Waals surface area contributed by atoms with Crippen LogP contribution in [-0.4, -0.2) is 14.2 Å². The molecule has 0 aliphatic rings. The van der Waals surface area contributed by atoms with Crippen molar-refractivity contribution in [1.82, 2.24) is 5.32 Å². The minimum atomic E-state index is 0.202. The molecule has 1 N–H and O–H groups in total. The van der Waals surface area contributed by atoms with E-state index >= 15 is 0 Å². The Kier molecular flexibility index (Phi) is 5.68. The van der Waals surface area contributed by atoms with E-state index in [-0.39, 0.29) is 6.04 Å². The molecule has 0 bridgehead atoms. The molecule has 0 saturated carbocycles. The van der Waals surface area contributed by atoms with Crippen molar-refractivity contribution in [3.8, 4) is 5.75 Å². The van der Waals surface area contributed by atoms with E-state index in [4.69, 9.17) is 16.3 Å². The van der Waals surface area contributed by atoms with E-state index in [2.05, 4.69) is 46.4 Å². The molecule has 1 unspecified atom stereocenters. The van der Waals surface area contributed by atoms with E-state index in [0.29, 0.717) is 0 Å². The van der Waals surface area contributed by atoms with Gasteiger partial charge < -0.3 is 10.1 Å². The molecule has 0 amide bonds. The van der Waals surface area contributed by atoms with Crippen molar-refractivity contribution in [1.29, 1.82) is 0 Å². The molecule has 0 aromatic heterocycles. The molecular formula is C17H19BrClNO. The van der Waals surface area contributed by atoms with Crippen molar-refractivity contribution in [2.45, 2.75) is 19.4 Å². The monoisotopic (exact) mass is 367 g/mol. The van der Waals surface area contributed by atoms with Gasteiger partial charge in [-0.05, 0) is 67.4 Å². The van der Waals surface area contributed by atoms with Gasteiger partial charge in [0.2, 0.25) is 0 Å². The third-order valence-corrected chi connectivity index (χ3v) is 4.17. The van der Waals surface area contributed by atoms with Crippen LogP contribution < -0.4 is 10.1 Å². The minimum absolute atomic E-state index is 0.202. The van der Waals surface area contributed by atoms with Gasteiger partial charge in [0.25, 0.3) is 0 Å². The van der Waals surface area contributed by atoms with Crippen LogP contribution in [0.4, 0.5) is 0 Å². The quantitative estimate of drug-likeness (QED) is 0.808. The van der Waals surface area contributed by atoms with Gasteiger partial charge in [-0.25, -0.2) is 0 Å². The predicted octanol–water partition coefficient (Wildman–Crippen LogP) is 4.92. The number of likely N-dealkylation sites (N-methyl/N-ethyl adjacent to an activating group) is 1. The Balaban J connectivity index is 2.32. The molecule has 2 nitrogen and oxygen atoms in total. The maximum absolute atomic E-state index is 6.11. The number of benzene rings is 2. The molecule has 0 spiro atoms. The molecule has 0 fully saturated rings. The first-order valence-electron chi connectivity index (χ1n) is 6.80. The Morgan fingerprint density at radius 1 is 1.24 bits per heavy atom. The van der Waals surface area contributed by atoms with Gasteiger partial charge in [0.15, 0.2) is 0 Å². The van der Waals surface area contributed by atoms with Crippen LogP contribution in [0.2, 0.25) is 5.02 Å². The fourth-order valence-electron chi connectivity index (χ4n) is 2.48. The molecule has 0 radical (unpaired) electrons. The fourth-order valence-corrected chi connectivity index (χ4v) is 3.30. The second-order valence-electron chi connectivity index (χ2n) is 5.06. The Labute approximate surface area is 139 Å². The molecular weight excluding hydrogens is 350 g/mol. The van der Waals surface area contributed by atoms with Crippen LogP contribution in [0.1, 0.15) is 22.7 Å². The van der Waals surface area contributed by atoms with Gasteiger partial charge >= 0.3 is 0 Å². The molecule has 0 aliphatic heterocycles. The SMILES string of the molecule is CNC(Cc1cc(Cl)ccc1OC)c1cc(C)cc(Br)c1. The first kappa shape index (κ1) is 16.3. The Morgan fingerprint density at radius 2 is 2.00 bits per heavy atom. The maximum atomic E-state index is 6.11. The molecule has 0 heterocycles. The summed E-state index contributed by atoms with van der Waals surface area (Å²) < 4.78 is 6.53. The third-order valence-electron chi connectivity index (χ3n) is 3.48. The third kappa shape index (κ3) is 4.22. The van der Waals surface area contributed by atoms with Gasteiger partial charge in [-0.3, -0.25) is 0 Å². The van der Waals surface area contributed by atoms with Gasteiger partial charge in [0.05, 0.1) is 7.11 Å². The highest BCUT2D eigenvalue weighted by molar-refractivity contribution is 9.10. The molecule has 21 heavy (non-hydrogen) atoms. The zero-order chi connectivity index (χ0) is 15.4. The van der Waals surface area contributed by atoms with Gasteiger partial charge in [-0.1, -0.05) is 33.6 Å². The van der Waals surface area contributed by atoms with Crippen LogP contribution in [0.15, 0.2) is 40.9 Å². The van der Waals surface area contributed by atoms with Crippen molar-refractivity contribution in [3.05, 3.63) is 62.6 Å². The van der Waals surface area contributed by atoms with Crippen LogP contribution >= 0.6 is 27.5 Å². The van der Waals surface area contributed by atoms with Gasteiger partial charge in [0, 0.05) is 15.5 Å². The lowest BCUT2D eigenvalue weighted by Crippen LogP contribution is -2.19. The summed E-state index contributed by atoms with van der Waals surface area (Å²) >= 11 is 9.68. The summed E-state index contributed by atoms with van der Waals surface area (Å²) in [5, 5.41) is 4.10. The summed E-state index contributed by atoms with van der Waals surface area (Å²) in [5.74, 6) is 0.867. The van der Waals surface area contributed by atoms with Gasteiger partial charge in [0.1, 0.15) is 5.75 Å². The number of halogens is 2. The molecule has 4 heteroatoms. The van der Waals surface area contributed by atoms with Gasteiger partial charge in [-0.2, -0.15) is 0 Å². The summed E-state index contributed by atoms with van der Waals surface area (Å²) in [6, 6.07) is 12.4. The van der Waals surface area contributed by atoms with Gasteiger partial charge in [-0.15, -0.1) is 0 Å². The highest BCUT2D eigenvalue weighted by Crippen LogP contribution is 2.29. The van der Waals surface area contributed by atoms with Crippen molar-refractivity contribution in [2.75, 3.05) is 14.2 Å². The van der Waals surface area contributed by atoms with Crippen LogP contribution in [0.25, 0.3) is 0 Å². The smallest absolute Gasteiger partial charge is 0.122 e. The molecule has 112 valence electrons. The maximum Gasteiger partial charge on any atom is 0.122 e. The van der Waals surface area contributed by atoms with Crippen molar-refractivity contribution >= 4 is 27.5 Å². The van der Waals surface area contributed by atoms with Crippen molar-refractivity contribution in [2.24, 2.45) is 0 Å². The lowest BCUT2D eigenvalue weighted by molar-refractivity contribution is 0.406. The van der Waals surface area contributed by atoms with E-state index < -0.39 is 0 Å². The van der Waals surface area contributed by atoms with Crippen LogP contribution in [-0.2, 0) is 6.42 Å². The van der Waals surface area contributed by atoms with E-state index in [0.717, 1.165) is 27.2 Å². The molecule has 2 rings (SSSR count). The molecule has 2 aromatic carbocycles. The summed E-state index contributed by atoms with van der Waals surface area (Å²) in [6.45, 7) is 2.10. The number of rotatable bonds is 5. The van der Waals surface area contributed by atoms with Crippen LogP contribution in [0, 0.1) is 6.92 Å². The molecule has 0 aliphatic carbocycles. The number of ether oxygens (including phenoxy) is 1. The van der Waals surface area contributed by atoms with Crippen LogP contribution in [0.3, 0.4) is 0 Å². The van der Waals surface area contributed by atoms with E-state index in [1.807, 2.05) is 25.2 Å². The topological polar surface area (TPSA) is 21.3 Å². The highest BCUT2D eigenvalue weighted by Gasteiger charge is 2.14. The van der Waals surface area contributed by atoms with E-state index in [9.17, 15) is 0 Å². The summed E-state index contributed by atoms with van der Waals surface area (Å²) in [7, 11) is 3.66. The number of methoxy groups -OCH3 is 1. The van der Waals surface area contributed by atoms with Crippen molar-refractivity contribution < 1.29 is 4.74 Å². The van der Waals surface area contributed by atoms with Crippen LogP contribution in [0.5, 0.6) is 5.75 Å². The summed E-state index contributed by atoms with van der Waals surface area (Å²) in [4.78, 5) is 0. The number of aryl methyl sites for hydroxylation is 1. The number of hydrogen-bond acceptors (Lipinski definition) is 2. The summed E-state index contributed by atoms with van der Waals surface area (Å²) in [6.07, 6.45) is 0.816. The normalized spacial score (nSPS) is 12.2. The molecule has 0 saturated heterocycles. The predicted molar refractivity (Wildman–Crippen MR) is 92.4 cm³/mol. The highest BCUT2D eigenvalue weighted by atomic mass is 79.9. The standard InChI is InChI=1S/C17H19BrClNO/c1-11-6-12(8-14(18)7-11)16(20-2)10-13-9-15(19)4-5-17(13)21-3/h4-9,16,20H,10H2,1-3H3. The largest absolute Gasteiger partial charge is 0.496 e. The zero-order valence-electron chi connectivity index (χ0n) is 12.4. The first-order chi connectivity index (χ1) is 10.0. The minimum Gasteiger partial charge on any atom is -0.496 e. The molecule has 2 aromatic rings. The summed E-state index contributed by atoms with van der Waals surface area (Å²) in [5.41, 5.74) is 3.58. The average Bonchev–Trinajstić information content (AvgIpc) is 2.43. The zero-order valence-corrected chi connectivity index (χ0v) is 14.8. The lowest BCUT2D eigenvalue weighted by atomic mass is 9.97. The van der Waals surface area contributed by atoms with E-state index in [1.165, 1.54) is 11.1 Å². The average molecular weight is 369 g/mol. The second-order valence-corrected chi connectivity index (χ2v) is 6.42.